The Morgan fingerprint density at radius 1 is 1.24 bits per heavy atom. The Morgan fingerprint density at radius 2 is 1.86 bits per heavy atom. The van der Waals surface area contributed by atoms with Crippen molar-refractivity contribution in [2.75, 3.05) is 6.61 Å². The van der Waals surface area contributed by atoms with E-state index in [4.69, 9.17) is 4.74 Å². The van der Waals surface area contributed by atoms with Crippen molar-refractivity contribution in [2.24, 2.45) is 0 Å². The third-order valence-corrected chi connectivity index (χ3v) is 3.23. The number of aromatic nitrogens is 3. The van der Waals surface area contributed by atoms with Gasteiger partial charge in [-0.15, -0.1) is 10.2 Å². The standard InChI is InChI=1S/C15H18FN3O2/c1-5-21-15(20)14-18-17-11(4)19(14)8-12-6-9(2)13(16)10(3)7-12/h6-7H,5,8H2,1-4H3. The Kier molecular flexibility index (Phi) is 4.35. The van der Waals surface area contributed by atoms with Gasteiger partial charge < -0.3 is 9.30 Å². The lowest BCUT2D eigenvalue weighted by Crippen LogP contribution is -2.15. The van der Waals surface area contributed by atoms with Crippen LogP contribution in [-0.2, 0) is 11.3 Å². The summed E-state index contributed by atoms with van der Waals surface area (Å²) in [5.41, 5.74) is 2.04. The zero-order chi connectivity index (χ0) is 15.6. The first-order valence-corrected chi connectivity index (χ1v) is 6.76. The quantitative estimate of drug-likeness (QED) is 0.812. The van der Waals surface area contributed by atoms with Crippen LogP contribution in [0.2, 0.25) is 0 Å². The number of nitrogens with zero attached hydrogens (tertiary/aromatic N) is 3. The first-order chi connectivity index (χ1) is 9.93. The van der Waals surface area contributed by atoms with Gasteiger partial charge in [-0.3, -0.25) is 0 Å². The summed E-state index contributed by atoms with van der Waals surface area (Å²) in [6.45, 7) is 7.61. The molecule has 1 aromatic heterocycles. The van der Waals surface area contributed by atoms with Crippen LogP contribution in [0, 0.1) is 26.6 Å². The largest absolute Gasteiger partial charge is 0.460 e. The molecule has 0 aliphatic heterocycles. The Bertz CT molecular complexity index is 657. The van der Waals surface area contributed by atoms with Gasteiger partial charge in [0, 0.05) is 0 Å². The van der Waals surface area contributed by atoms with Gasteiger partial charge in [-0.2, -0.15) is 0 Å². The van der Waals surface area contributed by atoms with E-state index < -0.39 is 5.97 Å². The van der Waals surface area contributed by atoms with Crippen molar-refractivity contribution in [2.45, 2.75) is 34.2 Å². The third-order valence-electron chi connectivity index (χ3n) is 3.23. The summed E-state index contributed by atoms with van der Waals surface area (Å²) in [6.07, 6.45) is 0. The minimum atomic E-state index is -0.506. The lowest BCUT2D eigenvalue weighted by Gasteiger charge is -2.10. The fourth-order valence-electron chi connectivity index (χ4n) is 2.23. The van der Waals surface area contributed by atoms with Crippen LogP contribution in [0.5, 0.6) is 0 Å². The topological polar surface area (TPSA) is 57.0 Å². The fraction of sp³-hybridized carbons (Fsp3) is 0.400. The molecule has 2 rings (SSSR count). The maximum atomic E-state index is 13.7. The molecule has 0 aliphatic carbocycles. The van der Waals surface area contributed by atoms with Gasteiger partial charge >= 0.3 is 5.97 Å². The van der Waals surface area contributed by atoms with Crippen molar-refractivity contribution >= 4 is 5.97 Å². The molecule has 0 saturated heterocycles. The monoisotopic (exact) mass is 291 g/mol. The Balaban J connectivity index is 2.36. The number of halogens is 1. The molecule has 0 radical (unpaired) electrons. The highest BCUT2D eigenvalue weighted by molar-refractivity contribution is 5.85. The molecule has 1 heterocycles. The van der Waals surface area contributed by atoms with E-state index in [0.717, 1.165) is 5.56 Å². The molecule has 0 N–H and O–H groups in total. The summed E-state index contributed by atoms with van der Waals surface area (Å²) in [5.74, 6) is 0.0603. The predicted molar refractivity (Wildman–Crippen MR) is 75.7 cm³/mol. The third kappa shape index (κ3) is 3.09. The summed E-state index contributed by atoms with van der Waals surface area (Å²) in [6, 6.07) is 3.52. The molecule has 0 spiro atoms. The molecular weight excluding hydrogens is 273 g/mol. The minimum Gasteiger partial charge on any atom is -0.460 e. The molecule has 2 aromatic rings. The average Bonchev–Trinajstić information content (AvgIpc) is 2.78. The molecule has 21 heavy (non-hydrogen) atoms. The number of ether oxygens (including phenoxy) is 1. The summed E-state index contributed by atoms with van der Waals surface area (Å²) >= 11 is 0. The second-order valence-corrected chi connectivity index (χ2v) is 4.92. The maximum Gasteiger partial charge on any atom is 0.376 e. The van der Waals surface area contributed by atoms with Gasteiger partial charge in [-0.25, -0.2) is 9.18 Å². The number of benzene rings is 1. The van der Waals surface area contributed by atoms with Crippen molar-refractivity contribution < 1.29 is 13.9 Å². The fourth-order valence-corrected chi connectivity index (χ4v) is 2.23. The Morgan fingerprint density at radius 3 is 2.43 bits per heavy atom. The highest BCUT2D eigenvalue weighted by atomic mass is 19.1. The van der Waals surface area contributed by atoms with Crippen molar-refractivity contribution in [3.8, 4) is 0 Å². The molecule has 0 aliphatic rings. The van der Waals surface area contributed by atoms with E-state index in [1.165, 1.54) is 0 Å². The molecule has 0 unspecified atom stereocenters. The summed E-state index contributed by atoms with van der Waals surface area (Å²) in [7, 11) is 0. The van der Waals surface area contributed by atoms with Gasteiger partial charge in [0.15, 0.2) is 0 Å². The smallest absolute Gasteiger partial charge is 0.376 e. The van der Waals surface area contributed by atoms with Crippen LogP contribution in [0.15, 0.2) is 12.1 Å². The van der Waals surface area contributed by atoms with E-state index in [1.807, 2.05) is 0 Å². The molecule has 1 aromatic carbocycles. The SMILES string of the molecule is CCOC(=O)c1nnc(C)n1Cc1cc(C)c(F)c(C)c1. The molecule has 0 atom stereocenters. The van der Waals surface area contributed by atoms with E-state index in [1.54, 1.807) is 44.4 Å². The number of esters is 1. The van der Waals surface area contributed by atoms with Crippen molar-refractivity contribution in [1.29, 1.82) is 0 Å². The number of hydrogen-bond acceptors (Lipinski definition) is 4. The molecule has 5 nitrogen and oxygen atoms in total. The predicted octanol–water partition coefficient (Wildman–Crippen LogP) is 2.57. The van der Waals surface area contributed by atoms with Crippen LogP contribution in [0.1, 0.15) is 40.1 Å². The normalized spacial score (nSPS) is 10.7. The first-order valence-electron chi connectivity index (χ1n) is 6.76. The number of rotatable bonds is 4. The number of carbonyl (C=O) groups is 1. The van der Waals surface area contributed by atoms with Crippen LogP contribution in [-0.4, -0.2) is 27.3 Å². The van der Waals surface area contributed by atoms with Crippen LogP contribution in [0.3, 0.4) is 0 Å². The molecule has 0 bridgehead atoms. The van der Waals surface area contributed by atoms with Crippen LogP contribution < -0.4 is 0 Å². The average molecular weight is 291 g/mol. The van der Waals surface area contributed by atoms with Crippen molar-refractivity contribution in [3.05, 3.63) is 46.3 Å². The lowest BCUT2D eigenvalue weighted by atomic mass is 10.1. The number of hydrogen-bond donors (Lipinski definition) is 0. The van der Waals surface area contributed by atoms with Gasteiger partial charge in [-0.1, -0.05) is 12.1 Å². The van der Waals surface area contributed by atoms with Gasteiger partial charge in [-0.05, 0) is 44.4 Å². The Hall–Kier alpha value is -2.24. The number of aryl methyl sites for hydroxylation is 3. The van der Waals surface area contributed by atoms with Crippen LogP contribution in [0.4, 0.5) is 4.39 Å². The van der Waals surface area contributed by atoms with E-state index in [-0.39, 0.29) is 18.2 Å². The van der Waals surface area contributed by atoms with Gasteiger partial charge in [0.2, 0.25) is 5.82 Å². The maximum absolute atomic E-state index is 13.7. The molecule has 6 heteroatoms. The van der Waals surface area contributed by atoms with Crippen LogP contribution >= 0.6 is 0 Å². The van der Waals surface area contributed by atoms with E-state index >= 15 is 0 Å². The Labute approximate surface area is 122 Å². The van der Waals surface area contributed by atoms with Crippen molar-refractivity contribution in [3.63, 3.8) is 0 Å². The van der Waals surface area contributed by atoms with Crippen LogP contribution in [0.25, 0.3) is 0 Å². The van der Waals surface area contributed by atoms with E-state index in [2.05, 4.69) is 10.2 Å². The summed E-state index contributed by atoms with van der Waals surface area (Å²) < 4.78 is 20.3. The van der Waals surface area contributed by atoms with E-state index in [9.17, 15) is 9.18 Å². The highest BCUT2D eigenvalue weighted by Crippen LogP contribution is 2.17. The van der Waals surface area contributed by atoms with Gasteiger partial charge in [0.05, 0.1) is 13.2 Å². The second-order valence-electron chi connectivity index (χ2n) is 4.92. The zero-order valence-corrected chi connectivity index (χ0v) is 12.6. The number of carbonyl (C=O) groups excluding carboxylic acids is 1. The van der Waals surface area contributed by atoms with Gasteiger partial charge in [0.25, 0.3) is 0 Å². The first kappa shape index (κ1) is 15.2. The lowest BCUT2D eigenvalue weighted by molar-refractivity contribution is 0.0506. The molecule has 112 valence electrons. The van der Waals surface area contributed by atoms with Crippen molar-refractivity contribution in [1.82, 2.24) is 14.8 Å². The second kappa shape index (κ2) is 6.03. The molecule has 0 fully saturated rings. The van der Waals surface area contributed by atoms with E-state index in [0.29, 0.717) is 23.5 Å². The zero-order valence-electron chi connectivity index (χ0n) is 12.6. The highest BCUT2D eigenvalue weighted by Gasteiger charge is 2.18. The minimum absolute atomic E-state index is 0.161. The molecule has 0 saturated carbocycles. The van der Waals surface area contributed by atoms with Gasteiger partial charge in [0.1, 0.15) is 11.6 Å². The summed E-state index contributed by atoms with van der Waals surface area (Å²) in [4.78, 5) is 11.9. The molecule has 0 amide bonds. The summed E-state index contributed by atoms with van der Waals surface area (Å²) in [5, 5.41) is 7.77. The molecular formula is C15H18FN3O2.